The lowest BCUT2D eigenvalue weighted by Crippen LogP contribution is -2.57. The van der Waals surface area contributed by atoms with Crippen LogP contribution in [0.5, 0.6) is 5.75 Å². The summed E-state index contributed by atoms with van der Waals surface area (Å²) in [6, 6.07) is 6.53. The van der Waals surface area contributed by atoms with E-state index in [0.29, 0.717) is 17.2 Å². The van der Waals surface area contributed by atoms with Gasteiger partial charge in [-0.3, -0.25) is 14.5 Å². The maximum Gasteiger partial charge on any atom is 0.260 e. The lowest BCUT2D eigenvalue weighted by atomic mass is 9.83. The summed E-state index contributed by atoms with van der Waals surface area (Å²) < 4.78 is 11.6. The highest BCUT2D eigenvalue weighted by Crippen LogP contribution is 2.43. The quantitative estimate of drug-likeness (QED) is 0.880. The van der Waals surface area contributed by atoms with Crippen molar-refractivity contribution in [1.29, 1.82) is 0 Å². The number of methoxy groups -OCH3 is 1. The second-order valence-electron chi connectivity index (χ2n) is 7.99. The molecular weight excluding hydrogens is 344 g/mol. The number of nitrogens with zero attached hydrogens (tertiary/aromatic N) is 1. The first-order valence-electron chi connectivity index (χ1n) is 9.79. The van der Waals surface area contributed by atoms with Gasteiger partial charge in [-0.1, -0.05) is 19.1 Å². The predicted molar refractivity (Wildman–Crippen MR) is 103 cm³/mol. The van der Waals surface area contributed by atoms with Gasteiger partial charge in [0.1, 0.15) is 17.5 Å². The van der Waals surface area contributed by atoms with Gasteiger partial charge in [0, 0.05) is 6.04 Å². The van der Waals surface area contributed by atoms with Gasteiger partial charge in [0.25, 0.3) is 5.91 Å². The molecule has 6 heteroatoms. The molecule has 1 aliphatic carbocycles. The van der Waals surface area contributed by atoms with Gasteiger partial charge in [0.2, 0.25) is 5.91 Å². The van der Waals surface area contributed by atoms with Gasteiger partial charge in [-0.05, 0) is 57.6 Å². The van der Waals surface area contributed by atoms with E-state index < -0.39 is 11.8 Å². The fraction of sp³-hybridized carbons (Fsp3) is 0.619. The highest BCUT2D eigenvalue weighted by Gasteiger charge is 2.53. The number of hydrogen-bond donors (Lipinski definition) is 1. The minimum Gasteiger partial charge on any atom is -0.496 e. The Kier molecular flexibility index (Phi) is 5.75. The van der Waals surface area contributed by atoms with Gasteiger partial charge in [-0.25, -0.2) is 0 Å². The van der Waals surface area contributed by atoms with Crippen molar-refractivity contribution in [2.75, 3.05) is 13.7 Å². The fourth-order valence-electron chi connectivity index (χ4n) is 4.11. The molecule has 0 aromatic heterocycles. The predicted octanol–water partition coefficient (Wildman–Crippen LogP) is 2.97. The van der Waals surface area contributed by atoms with E-state index in [1.165, 1.54) is 0 Å². The van der Waals surface area contributed by atoms with Gasteiger partial charge in [-0.15, -0.1) is 0 Å². The Balaban J connectivity index is 1.97. The Morgan fingerprint density at radius 3 is 2.56 bits per heavy atom. The molecule has 1 aromatic rings. The molecule has 1 aromatic carbocycles. The summed E-state index contributed by atoms with van der Waals surface area (Å²) in [7, 11) is 1.55. The van der Waals surface area contributed by atoms with Crippen molar-refractivity contribution in [3.63, 3.8) is 0 Å². The molecule has 1 heterocycles. The summed E-state index contributed by atoms with van der Waals surface area (Å²) in [5.41, 5.74) is -0.241. The Morgan fingerprint density at radius 2 is 1.93 bits per heavy atom. The summed E-state index contributed by atoms with van der Waals surface area (Å²) in [5.74, 6) is 0.745. The van der Waals surface area contributed by atoms with Crippen LogP contribution in [0.3, 0.4) is 0 Å². The molecule has 1 saturated carbocycles. The van der Waals surface area contributed by atoms with Gasteiger partial charge in [0.05, 0.1) is 19.3 Å². The van der Waals surface area contributed by atoms with Gasteiger partial charge >= 0.3 is 0 Å². The monoisotopic (exact) mass is 374 g/mol. The van der Waals surface area contributed by atoms with E-state index in [0.717, 1.165) is 25.7 Å². The van der Waals surface area contributed by atoms with Crippen LogP contribution in [0.15, 0.2) is 24.3 Å². The third-order valence-corrected chi connectivity index (χ3v) is 5.61. The number of carbonyl (C=O) groups is 2. The molecule has 27 heavy (non-hydrogen) atoms. The van der Waals surface area contributed by atoms with Crippen LogP contribution < -0.4 is 10.1 Å². The molecule has 2 aliphatic rings. The summed E-state index contributed by atoms with van der Waals surface area (Å²) >= 11 is 0. The molecule has 148 valence electrons. The van der Waals surface area contributed by atoms with Crippen molar-refractivity contribution >= 4 is 11.8 Å². The third kappa shape index (κ3) is 3.81. The average Bonchev–Trinajstić information content (AvgIpc) is 3.02. The number of nitrogens with one attached hydrogen (secondary N) is 1. The summed E-state index contributed by atoms with van der Waals surface area (Å²) in [4.78, 5) is 28.1. The van der Waals surface area contributed by atoms with E-state index in [2.05, 4.69) is 12.2 Å². The SMILES string of the molecule is COc1ccccc1C(=O)N1[C@H](C(=O)NC(C)C)COC12CCC(C)CC2. The van der Waals surface area contributed by atoms with Crippen molar-refractivity contribution in [1.82, 2.24) is 10.2 Å². The Hall–Kier alpha value is -2.08. The van der Waals surface area contributed by atoms with Crippen molar-refractivity contribution in [3.05, 3.63) is 29.8 Å². The van der Waals surface area contributed by atoms with Crippen molar-refractivity contribution < 1.29 is 19.1 Å². The fourth-order valence-corrected chi connectivity index (χ4v) is 4.11. The van der Waals surface area contributed by atoms with Gasteiger partial charge < -0.3 is 14.8 Å². The minimum atomic E-state index is -0.705. The van der Waals surface area contributed by atoms with Crippen LogP contribution in [0.2, 0.25) is 0 Å². The van der Waals surface area contributed by atoms with E-state index in [9.17, 15) is 9.59 Å². The zero-order valence-corrected chi connectivity index (χ0v) is 16.7. The molecule has 1 N–H and O–H groups in total. The first kappa shape index (κ1) is 19.7. The highest BCUT2D eigenvalue weighted by atomic mass is 16.5. The highest BCUT2D eigenvalue weighted by molar-refractivity contribution is 6.00. The first-order chi connectivity index (χ1) is 12.9. The Morgan fingerprint density at radius 1 is 1.26 bits per heavy atom. The molecule has 2 amide bonds. The third-order valence-electron chi connectivity index (χ3n) is 5.61. The van der Waals surface area contributed by atoms with Crippen LogP contribution >= 0.6 is 0 Å². The minimum absolute atomic E-state index is 0.00337. The molecule has 6 nitrogen and oxygen atoms in total. The Bertz CT molecular complexity index is 695. The normalized spacial score (nSPS) is 27.8. The number of carbonyl (C=O) groups excluding carboxylic acids is 2. The zero-order chi connectivity index (χ0) is 19.6. The standard InChI is InChI=1S/C21H30N2O4/c1-14(2)22-19(24)17-13-27-21(11-9-15(3)10-12-21)23(17)20(25)16-7-5-6-8-18(16)26-4/h5-8,14-15,17H,9-13H2,1-4H3,(H,22,24)/t15?,17-,21?/m0/s1. The number of amides is 2. The number of ether oxygens (including phenoxy) is 2. The van der Waals surface area contributed by atoms with Crippen molar-refractivity contribution in [2.45, 2.75) is 64.3 Å². The van der Waals surface area contributed by atoms with Crippen LogP contribution in [-0.4, -0.2) is 48.2 Å². The maximum absolute atomic E-state index is 13.6. The summed E-state index contributed by atoms with van der Waals surface area (Å²) in [6.45, 7) is 6.28. The molecule has 0 unspecified atom stereocenters. The maximum atomic E-state index is 13.6. The molecule has 3 rings (SSSR count). The molecule has 2 fully saturated rings. The molecular formula is C21H30N2O4. The number of benzene rings is 1. The van der Waals surface area contributed by atoms with Crippen molar-refractivity contribution in [3.8, 4) is 5.75 Å². The van der Waals surface area contributed by atoms with E-state index >= 15 is 0 Å². The molecule has 1 atom stereocenters. The summed E-state index contributed by atoms with van der Waals surface area (Å²) in [5, 5.41) is 2.94. The summed E-state index contributed by atoms with van der Waals surface area (Å²) in [6.07, 6.45) is 3.46. The van der Waals surface area contributed by atoms with Gasteiger partial charge in [0.15, 0.2) is 0 Å². The number of rotatable bonds is 4. The average molecular weight is 374 g/mol. The number of para-hydroxylation sites is 1. The van der Waals surface area contributed by atoms with Crippen LogP contribution in [0, 0.1) is 5.92 Å². The van der Waals surface area contributed by atoms with Gasteiger partial charge in [-0.2, -0.15) is 0 Å². The molecule has 0 radical (unpaired) electrons. The topological polar surface area (TPSA) is 67.9 Å². The van der Waals surface area contributed by atoms with E-state index in [1.54, 1.807) is 24.1 Å². The van der Waals surface area contributed by atoms with Crippen LogP contribution in [0.25, 0.3) is 0 Å². The van der Waals surface area contributed by atoms with E-state index in [4.69, 9.17) is 9.47 Å². The first-order valence-corrected chi connectivity index (χ1v) is 9.79. The van der Waals surface area contributed by atoms with Crippen LogP contribution in [0.4, 0.5) is 0 Å². The second-order valence-corrected chi connectivity index (χ2v) is 7.99. The lowest BCUT2D eigenvalue weighted by Gasteiger charge is -2.43. The van der Waals surface area contributed by atoms with Crippen LogP contribution in [0.1, 0.15) is 56.8 Å². The Labute approximate surface area is 161 Å². The molecule has 1 aliphatic heterocycles. The van der Waals surface area contributed by atoms with Crippen LogP contribution in [-0.2, 0) is 9.53 Å². The largest absolute Gasteiger partial charge is 0.496 e. The lowest BCUT2D eigenvalue weighted by molar-refractivity contribution is -0.128. The zero-order valence-electron chi connectivity index (χ0n) is 16.7. The van der Waals surface area contributed by atoms with E-state index in [1.807, 2.05) is 26.0 Å². The molecule has 1 saturated heterocycles. The number of hydrogen-bond acceptors (Lipinski definition) is 4. The smallest absolute Gasteiger partial charge is 0.260 e. The molecule has 0 bridgehead atoms. The van der Waals surface area contributed by atoms with E-state index in [-0.39, 0.29) is 24.5 Å². The molecule has 1 spiro atoms. The second kappa shape index (κ2) is 7.89. The van der Waals surface area contributed by atoms with Crippen molar-refractivity contribution in [2.24, 2.45) is 5.92 Å².